The number of aliphatic carboxylic acids is 1. The summed E-state index contributed by atoms with van der Waals surface area (Å²) in [6, 6.07) is 5.80. The fourth-order valence-corrected chi connectivity index (χ4v) is 2.38. The van der Waals surface area contributed by atoms with Gasteiger partial charge in [0.15, 0.2) is 0 Å². The second-order valence-electron chi connectivity index (χ2n) is 4.62. The van der Waals surface area contributed by atoms with E-state index in [0.29, 0.717) is 19.1 Å². The second kappa shape index (κ2) is 5.71. The van der Waals surface area contributed by atoms with Crippen LogP contribution in [0.3, 0.4) is 0 Å². The molecule has 5 heteroatoms. The van der Waals surface area contributed by atoms with E-state index in [1.807, 2.05) is 6.07 Å². The average molecular weight is 314 g/mol. The number of aromatic hydroxyl groups is 1. The minimum Gasteiger partial charge on any atom is -0.508 e. The first-order chi connectivity index (χ1) is 8.56. The molecule has 1 aromatic rings. The van der Waals surface area contributed by atoms with E-state index in [1.165, 1.54) is 0 Å². The van der Waals surface area contributed by atoms with Crippen LogP contribution in [0, 0.1) is 0 Å². The molecule has 0 saturated heterocycles. The summed E-state index contributed by atoms with van der Waals surface area (Å²) in [6.45, 7) is 1.13. The molecule has 2 N–H and O–H groups in total. The van der Waals surface area contributed by atoms with Gasteiger partial charge in [-0.25, -0.2) is 0 Å². The monoisotopic (exact) mass is 313 g/mol. The molecule has 1 fully saturated rings. The van der Waals surface area contributed by atoms with Gasteiger partial charge in [0.25, 0.3) is 0 Å². The van der Waals surface area contributed by atoms with Crippen LogP contribution in [0.2, 0.25) is 0 Å². The normalized spacial score (nSPS) is 15.0. The van der Waals surface area contributed by atoms with E-state index < -0.39 is 5.97 Å². The molecular formula is C13H16BrNO3. The highest BCUT2D eigenvalue weighted by Gasteiger charge is 2.29. The summed E-state index contributed by atoms with van der Waals surface area (Å²) in [4.78, 5) is 12.8. The van der Waals surface area contributed by atoms with E-state index >= 15 is 0 Å². The maximum absolute atomic E-state index is 10.6. The predicted octanol–water partition coefficient (Wildman–Crippen LogP) is 2.59. The number of carboxylic acids is 1. The van der Waals surface area contributed by atoms with Gasteiger partial charge in [-0.2, -0.15) is 0 Å². The van der Waals surface area contributed by atoms with Gasteiger partial charge in [0.05, 0.1) is 6.42 Å². The smallest absolute Gasteiger partial charge is 0.304 e. The van der Waals surface area contributed by atoms with Gasteiger partial charge in [0.1, 0.15) is 5.75 Å². The average Bonchev–Trinajstić information content (AvgIpc) is 3.12. The maximum Gasteiger partial charge on any atom is 0.304 e. The Kier molecular flexibility index (Phi) is 4.24. The number of rotatable bonds is 6. The Hall–Kier alpha value is -1.07. The largest absolute Gasteiger partial charge is 0.508 e. The highest BCUT2D eigenvalue weighted by Crippen LogP contribution is 2.31. The molecule has 98 valence electrons. The Morgan fingerprint density at radius 2 is 2.17 bits per heavy atom. The molecule has 0 aliphatic heterocycles. The van der Waals surface area contributed by atoms with Gasteiger partial charge in [-0.1, -0.05) is 15.9 Å². The van der Waals surface area contributed by atoms with Gasteiger partial charge in [0, 0.05) is 29.2 Å². The highest BCUT2D eigenvalue weighted by atomic mass is 79.9. The number of carbonyl (C=O) groups is 1. The molecule has 0 bridgehead atoms. The van der Waals surface area contributed by atoms with Gasteiger partial charge in [0.2, 0.25) is 0 Å². The molecule has 0 unspecified atom stereocenters. The quantitative estimate of drug-likeness (QED) is 0.847. The van der Waals surface area contributed by atoms with Crippen LogP contribution in [-0.2, 0) is 11.3 Å². The summed E-state index contributed by atoms with van der Waals surface area (Å²) in [5, 5.41) is 18.5. The van der Waals surface area contributed by atoms with Crippen LogP contribution in [0.1, 0.15) is 24.8 Å². The van der Waals surface area contributed by atoms with Gasteiger partial charge in [-0.05, 0) is 31.0 Å². The maximum atomic E-state index is 10.6. The van der Waals surface area contributed by atoms with Crippen molar-refractivity contribution in [2.45, 2.75) is 31.8 Å². The van der Waals surface area contributed by atoms with Crippen LogP contribution >= 0.6 is 15.9 Å². The van der Waals surface area contributed by atoms with Gasteiger partial charge < -0.3 is 10.2 Å². The van der Waals surface area contributed by atoms with Crippen LogP contribution < -0.4 is 0 Å². The van der Waals surface area contributed by atoms with Crippen molar-refractivity contribution < 1.29 is 15.0 Å². The molecule has 0 heterocycles. The van der Waals surface area contributed by atoms with Crippen molar-refractivity contribution in [2.24, 2.45) is 0 Å². The lowest BCUT2D eigenvalue weighted by atomic mass is 10.2. The third kappa shape index (κ3) is 3.71. The Balaban J connectivity index is 2.03. The Morgan fingerprint density at radius 1 is 1.44 bits per heavy atom. The number of benzene rings is 1. The van der Waals surface area contributed by atoms with Gasteiger partial charge in [-0.15, -0.1) is 0 Å². The summed E-state index contributed by atoms with van der Waals surface area (Å²) in [7, 11) is 0. The zero-order valence-corrected chi connectivity index (χ0v) is 11.6. The van der Waals surface area contributed by atoms with Crippen LogP contribution in [-0.4, -0.2) is 33.7 Å². The van der Waals surface area contributed by atoms with E-state index in [1.54, 1.807) is 12.1 Å². The first-order valence-corrected chi connectivity index (χ1v) is 6.79. The lowest BCUT2D eigenvalue weighted by Gasteiger charge is -2.21. The van der Waals surface area contributed by atoms with Gasteiger partial charge in [-0.3, -0.25) is 9.69 Å². The molecule has 0 spiro atoms. The SMILES string of the molecule is O=C(O)CCN(Cc1cc(Br)ccc1O)C1CC1. The summed E-state index contributed by atoms with van der Waals surface area (Å²) < 4.78 is 0.921. The second-order valence-corrected chi connectivity index (χ2v) is 5.53. The summed E-state index contributed by atoms with van der Waals surface area (Å²) in [5.74, 6) is -0.515. The van der Waals surface area contributed by atoms with E-state index in [0.717, 1.165) is 22.9 Å². The van der Waals surface area contributed by atoms with Crippen molar-refractivity contribution in [2.75, 3.05) is 6.54 Å². The van der Waals surface area contributed by atoms with Crippen molar-refractivity contribution >= 4 is 21.9 Å². The first-order valence-electron chi connectivity index (χ1n) is 5.99. The lowest BCUT2D eigenvalue weighted by Crippen LogP contribution is -2.28. The van der Waals surface area contributed by atoms with Crippen molar-refractivity contribution in [1.82, 2.24) is 4.90 Å². The number of carboxylic acid groups (broad SMARTS) is 1. The predicted molar refractivity (Wildman–Crippen MR) is 71.5 cm³/mol. The number of phenolic OH excluding ortho intramolecular Hbond substituents is 1. The molecule has 0 radical (unpaired) electrons. The van der Waals surface area contributed by atoms with Crippen molar-refractivity contribution in [3.63, 3.8) is 0 Å². The van der Waals surface area contributed by atoms with Crippen molar-refractivity contribution in [3.8, 4) is 5.75 Å². The number of nitrogens with zero attached hydrogens (tertiary/aromatic N) is 1. The molecule has 18 heavy (non-hydrogen) atoms. The Morgan fingerprint density at radius 3 is 2.78 bits per heavy atom. The van der Waals surface area contributed by atoms with E-state index in [9.17, 15) is 9.90 Å². The lowest BCUT2D eigenvalue weighted by molar-refractivity contribution is -0.137. The third-order valence-corrected chi connectivity index (χ3v) is 3.58. The Labute approximate surface area is 114 Å². The Bertz CT molecular complexity index is 446. The number of hydrogen-bond donors (Lipinski definition) is 2. The molecular weight excluding hydrogens is 298 g/mol. The third-order valence-electron chi connectivity index (χ3n) is 3.09. The zero-order chi connectivity index (χ0) is 13.1. The summed E-state index contributed by atoms with van der Waals surface area (Å²) in [6.07, 6.45) is 2.38. The van der Waals surface area contributed by atoms with E-state index in [4.69, 9.17) is 5.11 Å². The fourth-order valence-electron chi connectivity index (χ4n) is 1.97. The van der Waals surface area contributed by atoms with Gasteiger partial charge >= 0.3 is 5.97 Å². The van der Waals surface area contributed by atoms with Crippen molar-refractivity contribution in [1.29, 1.82) is 0 Å². The molecule has 1 saturated carbocycles. The molecule has 0 aromatic heterocycles. The van der Waals surface area contributed by atoms with E-state index in [2.05, 4.69) is 20.8 Å². The number of phenols is 1. The molecule has 0 atom stereocenters. The number of halogens is 1. The molecule has 1 aromatic carbocycles. The van der Waals surface area contributed by atoms with Crippen molar-refractivity contribution in [3.05, 3.63) is 28.2 Å². The zero-order valence-electron chi connectivity index (χ0n) is 9.97. The topological polar surface area (TPSA) is 60.8 Å². The molecule has 2 rings (SSSR count). The van der Waals surface area contributed by atoms with Crippen LogP contribution in [0.15, 0.2) is 22.7 Å². The molecule has 1 aliphatic rings. The van der Waals surface area contributed by atoms with Crippen LogP contribution in [0.25, 0.3) is 0 Å². The molecule has 0 amide bonds. The molecule has 4 nitrogen and oxygen atoms in total. The summed E-state index contributed by atoms with van der Waals surface area (Å²) >= 11 is 3.38. The van der Waals surface area contributed by atoms with E-state index in [-0.39, 0.29) is 12.2 Å². The van der Waals surface area contributed by atoms with Crippen LogP contribution in [0.5, 0.6) is 5.75 Å². The summed E-state index contributed by atoms with van der Waals surface area (Å²) in [5.41, 5.74) is 0.835. The standard InChI is InChI=1S/C13H16BrNO3/c14-10-1-4-12(16)9(7-10)8-15(11-2-3-11)6-5-13(17)18/h1,4,7,11,16H,2-3,5-6,8H2,(H,17,18). The minimum atomic E-state index is -0.779. The first kappa shape index (κ1) is 13.4. The molecule has 1 aliphatic carbocycles. The number of hydrogen-bond acceptors (Lipinski definition) is 3. The fraction of sp³-hybridized carbons (Fsp3) is 0.462. The highest BCUT2D eigenvalue weighted by molar-refractivity contribution is 9.10. The minimum absolute atomic E-state index is 0.144. The van der Waals surface area contributed by atoms with Crippen LogP contribution in [0.4, 0.5) is 0 Å².